The molecule has 0 fully saturated rings. The Labute approximate surface area is 133 Å². The number of aromatic nitrogens is 1. The standard InChI is InChI=1S/C11H7BrClN3O4S/c12-8-2-1-7(16(17)18)5-10(8)15-21(19,20)11-6-14-4-3-9(11)13/h1-6,15H. The molecule has 0 spiro atoms. The van der Waals surface area contributed by atoms with E-state index in [1.807, 2.05) is 0 Å². The van der Waals surface area contributed by atoms with Crippen LogP contribution in [0.1, 0.15) is 0 Å². The molecule has 0 atom stereocenters. The fourth-order valence-electron chi connectivity index (χ4n) is 1.47. The van der Waals surface area contributed by atoms with Gasteiger partial charge in [-0.05, 0) is 28.1 Å². The van der Waals surface area contributed by atoms with Crippen LogP contribution in [-0.4, -0.2) is 18.3 Å². The molecule has 1 aromatic carbocycles. The molecule has 1 N–H and O–H groups in total. The molecule has 0 saturated carbocycles. The number of nitrogens with zero attached hydrogens (tertiary/aromatic N) is 2. The number of hydrogen-bond donors (Lipinski definition) is 1. The maximum Gasteiger partial charge on any atom is 0.271 e. The van der Waals surface area contributed by atoms with Crippen LogP contribution in [0.4, 0.5) is 11.4 Å². The number of anilines is 1. The zero-order valence-corrected chi connectivity index (χ0v) is 13.3. The fraction of sp³-hybridized carbons (Fsp3) is 0. The van der Waals surface area contributed by atoms with E-state index in [0.29, 0.717) is 4.47 Å². The van der Waals surface area contributed by atoms with Crippen molar-refractivity contribution < 1.29 is 13.3 Å². The lowest BCUT2D eigenvalue weighted by molar-refractivity contribution is -0.384. The molecule has 0 bridgehead atoms. The van der Waals surface area contributed by atoms with Gasteiger partial charge in [-0.25, -0.2) is 8.42 Å². The molecule has 0 radical (unpaired) electrons. The van der Waals surface area contributed by atoms with E-state index in [9.17, 15) is 18.5 Å². The largest absolute Gasteiger partial charge is 0.278 e. The van der Waals surface area contributed by atoms with Crippen molar-refractivity contribution in [2.24, 2.45) is 0 Å². The van der Waals surface area contributed by atoms with Gasteiger partial charge in [0.05, 0.1) is 15.6 Å². The summed E-state index contributed by atoms with van der Waals surface area (Å²) in [6.07, 6.45) is 2.44. The maximum absolute atomic E-state index is 12.2. The normalized spacial score (nSPS) is 11.1. The number of benzene rings is 1. The lowest BCUT2D eigenvalue weighted by Crippen LogP contribution is -2.14. The number of nitro benzene ring substituents is 1. The number of pyridine rings is 1. The number of sulfonamides is 1. The highest BCUT2D eigenvalue weighted by molar-refractivity contribution is 9.10. The predicted molar refractivity (Wildman–Crippen MR) is 80.9 cm³/mol. The highest BCUT2D eigenvalue weighted by Gasteiger charge is 2.20. The first-order valence-electron chi connectivity index (χ1n) is 5.37. The highest BCUT2D eigenvalue weighted by atomic mass is 79.9. The summed E-state index contributed by atoms with van der Waals surface area (Å²) < 4.78 is 27.1. The molecule has 10 heteroatoms. The topological polar surface area (TPSA) is 102 Å². The summed E-state index contributed by atoms with van der Waals surface area (Å²) >= 11 is 8.94. The predicted octanol–water partition coefficient (Wildman–Crippen LogP) is 3.21. The molecule has 2 rings (SSSR count). The summed E-state index contributed by atoms with van der Waals surface area (Å²) in [5.41, 5.74) is -0.211. The maximum atomic E-state index is 12.2. The first-order chi connectivity index (χ1) is 9.81. The third-order valence-corrected chi connectivity index (χ3v) is 4.95. The first-order valence-corrected chi connectivity index (χ1v) is 8.03. The molecule has 0 aliphatic carbocycles. The minimum absolute atomic E-state index is 0.000877. The van der Waals surface area contributed by atoms with Crippen molar-refractivity contribution in [3.8, 4) is 0 Å². The van der Waals surface area contributed by atoms with Crippen molar-refractivity contribution in [1.82, 2.24) is 4.98 Å². The Morgan fingerprint density at radius 2 is 2.05 bits per heavy atom. The van der Waals surface area contributed by atoms with Crippen molar-refractivity contribution in [2.45, 2.75) is 4.90 Å². The molecule has 0 amide bonds. The molecule has 110 valence electrons. The van der Waals surface area contributed by atoms with Crippen LogP contribution in [0.3, 0.4) is 0 Å². The number of nitro groups is 1. The van der Waals surface area contributed by atoms with Crippen LogP contribution in [0.2, 0.25) is 5.02 Å². The van der Waals surface area contributed by atoms with E-state index >= 15 is 0 Å². The van der Waals surface area contributed by atoms with Gasteiger partial charge in [-0.1, -0.05) is 11.6 Å². The van der Waals surface area contributed by atoms with Crippen molar-refractivity contribution in [3.05, 3.63) is 56.3 Å². The van der Waals surface area contributed by atoms with Gasteiger partial charge in [0.1, 0.15) is 4.90 Å². The van der Waals surface area contributed by atoms with Gasteiger partial charge in [-0.3, -0.25) is 19.8 Å². The molecule has 7 nitrogen and oxygen atoms in total. The van der Waals surface area contributed by atoms with Crippen molar-refractivity contribution >= 4 is 48.9 Å². The molecule has 21 heavy (non-hydrogen) atoms. The van der Waals surface area contributed by atoms with Crippen molar-refractivity contribution in [1.29, 1.82) is 0 Å². The number of non-ortho nitro benzene ring substituents is 1. The molecule has 0 aliphatic heterocycles. The number of nitrogens with one attached hydrogen (secondary N) is 1. The average molecular weight is 393 g/mol. The third kappa shape index (κ3) is 3.49. The molecular formula is C11H7BrClN3O4S. The molecule has 0 aliphatic rings. The van der Waals surface area contributed by atoms with Gasteiger partial charge in [0.25, 0.3) is 15.7 Å². The second-order valence-electron chi connectivity index (χ2n) is 3.83. The summed E-state index contributed by atoms with van der Waals surface area (Å²) in [6.45, 7) is 0. The van der Waals surface area contributed by atoms with Crippen molar-refractivity contribution in [3.63, 3.8) is 0 Å². The first kappa shape index (κ1) is 15.7. The lowest BCUT2D eigenvalue weighted by Gasteiger charge is -2.10. The second-order valence-corrected chi connectivity index (χ2v) is 6.75. The van der Waals surface area contributed by atoms with E-state index in [2.05, 4.69) is 25.6 Å². The Morgan fingerprint density at radius 3 is 2.67 bits per heavy atom. The number of halogens is 2. The van der Waals surface area contributed by atoms with E-state index in [1.54, 1.807) is 0 Å². The van der Waals surface area contributed by atoms with Crippen LogP contribution >= 0.6 is 27.5 Å². The Balaban J connectivity index is 2.44. The summed E-state index contributed by atoms with van der Waals surface area (Å²) in [4.78, 5) is 13.6. The third-order valence-electron chi connectivity index (χ3n) is 2.43. The minimum atomic E-state index is -4.01. The van der Waals surface area contributed by atoms with Crippen LogP contribution in [0.5, 0.6) is 0 Å². The molecule has 0 saturated heterocycles. The highest BCUT2D eigenvalue weighted by Crippen LogP contribution is 2.30. The van der Waals surface area contributed by atoms with Crippen LogP contribution in [-0.2, 0) is 10.0 Å². The van der Waals surface area contributed by atoms with E-state index in [0.717, 1.165) is 12.3 Å². The molecule has 1 aromatic heterocycles. The minimum Gasteiger partial charge on any atom is -0.278 e. The van der Waals surface area contributed by atoms with Gasteiger partial charge < -0.3 is 0 Å². The molecule has 0 unspecified atom stereocenters. The van der Waals surface area contributed by atoms with E-state index in [1.165, 1.54) is 24.4 Å². The molecule has 2 aromatic rings. The van der Waals surface area contributed by atoms with E-state index in [4.69, 9.17) is 11.6 Å². The van der Waals surface area contributed by atoms with Gasteiger partial charge in [0.15, 0.2) is 0 Å². The van der Waals surface area contributed by atoms with E-state index < -0.39 is 14.9 Å². The number of rotatable bonds is 4. The lowest BCUT2D eigenvalue weighted by atomic mass is 10.3. The van der Waals surface area contributed by atoms with Gasteiger partial charge >= 0.3 is 0 Å². The van der Waals surface area contributed by atoms with E-state index in [-0.39, 0.29) is 21.3 Å². The fourth-order valence-corrected chi connectivity index (χ4v) is 3.45. The zero-order chi connectivity index (χ0) is 15.6. The SMILES string of the molecule is O=[N+]([O-])c1ccc(Br)c(NS(=O)(=O)c2cnccc2Cl)c1. The summed E-state index contributed by atoms with van der Waals surface area (Å²) in [7, 11) is -4.01. The number of hydrogen-bond acceptors (Lipinski definition) is 5. The zero-order valence-electron chi connectivity index (χ0n) is 10.2. The molecule has 1 heterocycles. The Kier molecular flexibility index (Phi) is 4.45. The van der Waals surface area contributed by atoms with Crippen LogP contribution in [0, 0.1) is 10.1 Å². The van der Waals surface area contributed by atoms with Crippen LogP contribution in [0.25, 0.3) is 0 Å². The molecular weight excluding hydrogens is 386 g/mol. The summed E-state index contributed by atoms with van der Waals surface area (Å²) in [5.74, 6) is 0. The summed E-state index contributed by atoms with van der Waals surface area (Å²) in [5, 5.41) is 10.7. The second kappa shape index (κ2) is 5.96. The van der Waals surface area contributed by atoms with Crippen LogP contribution in [0.15, 0.2) is 46.0 Å². The van der Waals surface area contributed by atoms with Gasteiger partial charge in [0.2, 0.25) is 0 Å². The Morgan fingerprint density at radius 1 is 1.33 bits per heavy atom. The van der Waals surface area contributed by atoms with Gasteiger partial charge in [-0.15, -0.1) is 0 Å². The monoisotopic (exact) mass is 391 g/mol. The average Bonchev–Trinajstić information content (AvgIpc) is 2.41. The van der Waals surface area contributed by atoms with Gasteiger partial charge in [0, 0.05) is 29.0 Å². The quantitative estimate of drug-likeness (QED) is 0.636. The van der Waals surface area contributed by atoms with Crippen LogP contribution < -0.4 is 4.72 Å². The Bertz CT molecular complexity index is 813. The Hall–Kier alpha value is -1.71. The smallest absolute Gasteiger partial charge is 0.271 e. The van der Waals surface area contributed by atoms with Gasteiger partial charge in [-0.2, -0.15) is 0 Å². The van der Waals surface area contributed by atoms with Crippen molar-refractivity contribution in [2.75, 3.05) is 4.72 Å². The summed E-state index contributed by atoms with van der Waals surface area (Å²) in [6, 6.07) is 5.06.